The van der Waals surface area contributed by atoms with Crippen LogP contribution in [0.25, 0.3) is 52.2 Å². The van der Waals surface area contributed by atoms with Crippen molar-refractivity contribution in [1.82, 2.24) is 0 Å². The molecular weight excluding hydrogens is 1590 g/mol. The van der Waals surface area contributed by atoms with Gasteiger partial charge in [-0.3, -0.25) is 23.5 Å². The fourth-order valence-corrected chi connectivity index (χ4v) is 14.3. The summed E-state index contributed by atoms with van der Waals surface area (Å²) in [4.78, 5) is 31.3. The molecule has 10 aromatic carbocycles. The van der Waals surface area contributed by atoms with E-state index < -0.39 is 14.7 Å². The summed E-state index contributed by atoms with van der Waals surface area (Å²) in [6.45, 7) is 23.6. The Kier molecular flexibility index (Phi) is 54.7. The molecule has 0 aromatic heterocycles. The first-order valence-corrected chi connectivity index (χ1v) is 45.0. The second kappa shape index (κ2) is 63.8. The van der Waals surface area contributed by atoms with Crippen LogP contribution >= 0.6 is 14.7 Å². The molecule has 11 nitrogen and oxygen atoms in total. The number of nitriles is 4. The van der Waals surface area contributed by atoms with Crippen molar-refractivity contribution in [3.63, 3.8) is 0 Å². The number of aryl methyl sites for hydroxylation is 5. The van der Waals surface area contributed by atoms with Crippen molar-refractivity contribution in [2.75, 3.05) is 38.9 Å². The van der Waals surface area contributed by atoms with Gasteiger partial charge in [0.2, 0.25) is 14.7 Å². The van der Waals surface area contributed by atoms with Gasteiger partial charge in [-0.15, -0.1) is 0 Å². The first-order chi connectivity index (χ1) is 59.9. The topological polar surface area (TPSA) is 199 Å². The van der Waals surface area contributed by atoms with Crippen molar-refractivity contribution in [2.45, 2.75) is 84.1 Å². The lowest BCUT2D eigenvalue weighted by Crippen LogP contribution is -1.97. The van der Waals surface area contributed by atoms with Gasteiger partial charge in [0.05, 0.1) is 43.7 Å². The minimum Gasteiger partial charge on any atom is -0.329 e. The highest BCUT2D eigenvalue weighted by atomic mass is 31.2. The number of allylic oxidation sites excluding steroid dienone is 24. The average molecular weight is 1710 g/mol. The number of hydrogen-bond donors (Lipinski definition) is 0. The van der Waals surface area contributed by atoms with Crippen molar-refractivity contribution in [3.05, 3.63) is 470 Å². The van der Waals surface area contributed by atoms with E-state index in [4.69, 9.17) is 30.1 Å². The average Bonchev–Trinajstić information content (AvgIpc) is 0.869. The Morgan fingerprint density at radius 1 is 0.317 bits per heavy atom. The second-order valence-corrected chi connectivity index (χ2v) is 33.7. The van der Waals surface area contributed by atoms with Crippen LogP contribution in [0.5, 0.6) is 0 Å². The zero-order chi connectivity index (χ0) is 90.4. The Labute approximate surface area is 752 Å². The number of aldehydes is 3. The quantitative estimate of drug-likeness (QED) is 0.0149. The number of benzene rings is 10. The fraction of sp³-hybridized carbons (Fsp3) is 0.159. The highest BCUT2D eigenvalue weighted by Gasteiger charge is 2.19. The van der Waals surface area contributed by atoms with E-state index in [1.54, 1.807) is 45.4 Å². The van der Waals surface area contributed by atoms with Crippen molar-refractivity contribution >= 4 is 85.8 Å². The van der Waals surface area contributed by atoms with E-state index in [1.165, 1.54) is 57.2 Å². The van der Waals surface area contributed by atoms with Gasteiger partial charge in [-0.2, -0.15) is 21.0 Å². The predicted molar refractivity (Wildman–Crippen MR) is 537 cm³/mol. The molecule has 0 aliphatic heterocycles. The molecule has 0 heterocycles. The van der Waals surface area contributed by atoms with Crippen LogP contribution in [0.4, 0.5) is 0 Å². The molecule has 0 aliphatic rings. The number of rotatable bonds is 28. The van der Waals surface area contributed by atoms with Crippen LogP contribution in [-0.2, 0) is 27.8 Å². The molecule has 0 fully saturated rings. The largest absolute Gasteiger partial charge is 0.329 e. The smallest absolute Gasteiger partial charge is 0.204 e. The van der Waals surface area contributed by atoms with Gasteiger partial charge in [-0.05, 0) is 170 Å². The molecule has 0 N–H and O–H groups in total. The van der Waals surface area contributed by atoms with Crippen LogP contribution < -0.4 is 0 Å². The normalized spacial score (nSPS) is 12.6. The molecule has 0 aliphatic carbocycles. The maximum Gasteiger partial charge on any atom is 0.204 e. The third-order valence-electron chi connectivity index (χ3n) is 17.6. The van der Waals surface area contributed by atoms with Gasteiger partial charge >= 0.3 is 0 Å². The molecule has 126 heavy (non-hydrogen) atoms. The van der Waals surface area contributed by atoms with E-state index in [9.17, 15) is 23.5 Å². The minimum absolute atomic E-state index is 0. The van der Waals surface area contributed by atoms with Crippen molar-refractivity contribution in [3.8, 4) is 24.3 Å². The van der Waals surface area contributed by atoms with Crippen LogP contribution in [0.15, 0.2) is 387 Å². The summed E-state index contributed by atoms with van der Waals surface area (Å²) in [5.41, 5.74) is 24.3. The Hall–Kier alpha value is -14.1. The Morgan fingerprint density at radius 2 is 0.595 bits per heavy atom. The molecule has 644 valence electrons. The van der Waals surface area contributed by atoms with Crippen molar-refractivity contribution < 1.29 is 32.6 Å². The van der Waals surface area contributed by atoms with E-state index >= 15 is 0 Å². The van der Waals surface area contributed by atoms with Crippen LogP contribution in [0, 0.1) is 79.9 Å². The van der Waals surface area contributed by atoms with E-state index in [2.05, 4.69) is 192 Å². The number of hydrogen-bond acceptors (Lipinski definition) is 11. The molecule has 10 aromatic rings. The first-order valence-electron chi connectivity index (χ1n) is 40.4. The van der Waals surface area contributed by atoms with Crippen molar-refractivity contribution in [1.29, 1.82) is 21.0 Å². The zero-order valence-electron chi connectivity index (χ0n) is 73.1. The Balaban J connectivity index is 0.000000505. The molecule has 2 atom stereocenters. The standard InChI is InChI=1S/C23H21N.C23H22O.C18H15N.C18H16O.C13H16NO2P.C8H14NO2P.C8H8O.2CH4/c2*1-19(17-18-24)7-6-10-23(22-8-4-3-5-9-22)16-15-21-13-11-20(2)12-14-21;2*1-15-7-9-16(10-8-15)11-12-18(13-14-19)17-5-3-2-4-6-17;1-3-16-17(2,15)11-13(9-10-14)12-7-5-4-6-8-12;1-4-11-12(3,10)7-8(2)5-6-9;1-7-2-4-8(6-9)5-3-7;;/h3-17H,1-2H3;3-18H,1-2H3;2-13H,1H3;2-14H,1H3;4-9H,3,11H2,1-2H3;5H,4,7H2,1-3H3;2-6H,1H3;2*1H4/b2*7-6+,16-15+,19-17+,23-10-;2*12-11+,18-13-;13-9-;8-5+;;;. The number of nitrogens with zero attached hydrogens (tertiary/aromatic N) is 4. The lowest BCUT2D eigenvalue weighted by Gasteiger charge is -2.14. The summed E-state index contributed by atoms with van der Waals surface area (Å²) in [6.07, 6.45) is 40.6. The fourth-order valence-electron chi connectivity index (χ4n) is 11.2. The van der Waals surface area contributed by atoms with E-state index in [0.29, 0.717) is 25.5 Å². The zero-order valence-corrected chi connectivity index (χ0v) is 74.9. The SMILES string of the molecule is C.C.CC(/C=C/C=C(/C=C/c1ccc(C)cc1)c1ccccc1)=C\C#N.CC(/C=C/C=C(/C=C/c1ccc(C)cc1)c1ccccc1)=C\C=O.CCOP(C)(=O)C/C(=C/C#N)c1ccccc1.CCOP(C)(=O)C/C(C)=C/C#N.Cc1ccc(/C=C/C(=C/C#N)c2ccccc2)cc1.Cc1ccc(/C=C/C(=C/C=O)c2ccccc2)cc1.Cc1ccc(C=O)cc1. The molecule has 2 unspecified atom stereocenters. The van der Waals surface area contributed by atoms with Crippen LogP contribution in [0.3, 0.4) is 0 Å². The molecule has 0 saturated carbocycles. The van der Waals surface area contributed by atoms with Gasteiger partial charge in [0.15, 0.2) is 0 Å². The maximum atomic E-state index is 12.1. The molecule has 0 spiro atoms. The third-order valence-corrected chi connectivity index (χ3v) is 21.2. The molecule has 0 radical (unpaired) electrons. The first kappa shape index (κ1) is 108. The molecular formula is C113H120N4O7P2. The lowest BCUT2D eigenvalue weighted by atomic mass is 10.0. The Bertz CT molecular complexity index is 5670. The molecule has 13 heteroatoms. The summed E-state index contributed by atoms with van der Waals surface area (Å²) >= 11 is 0. The van der Waals surface area contributed by atoms with Gasteiger partial charge in [0.1, 0.15) is 18.9 Å². The lowest BCUT2D eigenvalue weighted by molar-refractivity contribution is -0.104. The van der Waals surface area contributed by atoms with E-state index in [-0.39, 0.29) is 14.9 Å². The summed E-state index contributed by atoms with van der Waals surface area (Å²) in [7, 11) is -5.16. The molecule has 0 amide bonds. The summed E-state index contributed by atoms with van der Waals surface area (Å²) in [5, 5.41) is 34.6. The highest BCUT2D eigenvalue weighted by molar-refractivity contribution is 7.58. The van der Waals surface area contributed by atoms with Gasteiger partial charge < -0.3 is 9.05 Å². The van der Waals surface area contributed by atoms with Gasteiger partial charge in [-0.1, -0.05) is 406 Å². The third kappa shape index (κ3) is 47.4. The number of carbonyl (C=O) groups excluding carboxylic acids is 3. The molecule has 10 rings (SSSR count). The molecule has 0 bridgehead atoms. The monoisotopic (exact) mass is 1710 g/mol. The van der Waals surface area contributed by atoms with Crippen molar-refractivity contribution in [2.24, 2.45) is 0 Å². The van der Waals surface area contributed by atoms with Gasteiger partial charge in [0.25, 0.3) is 0 Å². The Morgan fingerprint density at radius 3 is 0.897 bits per heavy atom. The van der Waals surface area contributed by atoms with Crippen LogP contribution in [0.1, 0.15) is 138 Å². The van der Waals surface area contributed by atoms with E-state index in [1.807, 2.05) is 246 Å². The predicted octanol–water partition coefficient (Wildman–Crippen LogP) is 29.8. The minimum atomic E-state index is -2.66. The summed E-state index contributed by atoms with van der Waals surface area (Å²) < 4.78 is 33.9. The number of carbonyl (C=O) groups is 3. The van der Waals surface area contributed by atoms with Crippen LogP contribution in [-0.4, -0.2) is 57.7 Å². The van der Waals surface area contributed by atoms with Gasteiger partial charge in [0, 0.05) is 49.4 Å². The maximum absolute atomic E-state index is 12.1. The van der Waals surface area contributed by atoms with Gasteiger partial charge in [-0.25, -0.2) is 0 Å². The highest BCUT2D eigenvalue weighted by Crippen LogP contribution is 2.46. The summed E-state index contributed by atoms with van der Waals surface area (Å²) in [5.74, 6) is 0. The molecule has 0 saturated heterocycles. The van der Waals surface area contributed by atoms with Crippen LogP contribution in [0.2, 0.25) is 0 Å². The second-order valence-electron chi connectivity index (χ2n) is 28.4. The summed E-state index contributed by atoms with van der Waals surface area (Å²) in [6, 6.07) is 98.8. The van der Waals surface area contributed by atoms with E-state index in [0.717, 1.165) is 108 Å².